The number of H-pyrrole nitrogens is 1. The predicted octanol–water partition coefficient (Wildman–Crippen LogP) is 5.91. The van der Waals surface area contributed by atoms with E-state index >= 15 is 0 Å². The van der Waals surface area contributed by atoms with E-state index in [9.17, 15) is 4.79 Å². The van der Waals surface area contributed by atoms with Gasteiger partial charge in [-0.2, -0.15) is 0 Å². The smallest absolute Gasteiger partial charge is 0.439 e. The molecule has 3 heterocycles. The van der Waals surface area contributed by atoms with Crippen molar-refractivity contribution in [2.24, 2.45) is 0 Å². The van der Waals surface area contributed by atoms with Crippen molar-refractivity contribution >= 4 is 44.4 Å². The lowest BCUT2D eigenvalue weighted by Gasteiger charge is -2.07. The second-order valence-corrected chi connectivity index (χ2v) is 9.12. The molecule has 0 aliphatic rings. The van der Waals surface area contributed by atoms with Gasteiger partial charge in [0.1, 0.15) is 17.4 Å². The van der Waals surface area contributed by atoms with Gasteiger partial charge in [0.05, 0.1) is 20.5 Å². The average Bonchev–Trinajstić information content (AvgIpc) is 3.44. The van der Waals surface area contributed by atoms with Gasteiger partial charge in [0.2, 0.25) is 0 Å². The van der Waals surface area contributed by atoms with Gasteiger partial charge in [0.25, 0.3) is 0 Å². The molecule has 0 fully saturated rings. The van der Waals surface area contributed by atoms with Gasteiger partial charge in [-0.1, -0.05) is 35.0 Å². The van der Waals surface area contributed by atoms with Crippen molar-refractivity contribution in [3.05, 3.63) is 74.7 Å². The molecule has 0 saturated carbocycles. The summed E-state index contributed by atoms with van der Waals surface area (Å²) in [4.78, 5) is 20.6. The molecule has 1 N–H and O–H groups in total. The van der Waals surface area contributed by atoms with Crippen LogP contribution in [0.25, 0.3) is 31.4 Å². The minimum absolute atomic E-state index is 0.280. The number of halogens is 1. The summed E-state index contributed by atoms with van der Waals surface area (Å²) in [6.07, 6.45) is 0. The molecule has 150 valence electrons. The molecule has 2 aromatic carbocycles. The highest BCUT2D eigenvalue weighted by Crippen LogP contribution is 2.37. The molecule has 0 atom stereocenters. The number of hydrogen-bond acceptors (Lipinski definition) is 7. The van der Waals surface area contributed by atoms with E-state index in [2.05, 4.69) is 32.9 Å². The molecule has 0 amide bonds. The Bertz CT molecular complexity index is 1380. The molecule has 0 saturated heterocycles. The van der Waals surface area contributed by atoms with Gasteiger partial charge in [-0.05, 0) is 42.6 Å². The quantitative estimate of drug-likeness (QED) is 0.356. The lowest BCUT2D eigenvalue weighted by Crippen LogP contribution is -1.96. The Morgan fingerprint density at radius 3 is 2.80 bits per heavy atom. The lowest BCUT2D eigenvalue weighted by molar-refractivity contribution is 0.309. The van der Waals surface area contributed by atoms with Crippen LogP contribution in [0.5, 0.6) is 5.75 Å². The van der Waals surface area contributed by atoms with Crippen LogP contribution in [0.15, 0.2) is 57.8 Å². The monoisotopic (exact) mass is 455 g/mol. The van der Waals surface area contributed by atoms with Gasteiger partial charge in [0, 0.05) is 10.3 Å². The maximum atomic E-state index is 11.1. The molecule has 0 aliphatic carbocycles. The van der Waals surface area contributed by atoms with Crippen molar-refractivity contribution in [1.29, 1.82) is 0 Å². The van der Waals surface area contributed by atoms with Crippen LogP contribution in [0.3, 0.4) is 0 Å². The first-order valence-electron chi connectivity index (χ1n) is 9.01. The zero-order valence-electron chi connectivity index (χ0n) is 15.6. The first kappa shape index (κ1) is 19.0. The van der Waals surface area contributed by atoms with Crippen LogP contribution < -0.4 is 10.5 Å². The summed E-state index contributed by atoms with van der Waals surface area (Å²) in [7, 11) is 0. The number of benzene rings is 2. The highest BCUT2D eigenvalue weighted by atomic mass is 35.5. The van der Waals surface area contributed by atoms with Gasteiger partial charge in [-0.3, -0.25) is 9.51 Å². The van der Waals surface area contributed by atoms with E-state index in [1.807, 2.05) is 19.1 Å². The van der Waals surface area contributed by atoms with Gasteiger partial charge in [-0.15, -0.1) is 22.7 Å². The molecular formula is C21H14ClN3O3S2. The molecule has 30 heavy (non-hydrogen) atoms. The fourth-order valence-electron chi connectivity index (χ4n) is 3.03. The lowest BCUT2D eigenvalue weighted by atomic mass is 10.2. The number of nitrogens with zero attached hydrogens (tertiary/aromatic N) is 2. The van der Waals surface area contributed by atoms with Gasteiger partial charge in [-0.25, -0.2) is 9.78 Å². The Labute approximate surface area is 183 Å². The summed E-state index contributed by atoms with van der Waals surface area (Å²) >= 11 is 9.69. The van der Waals surface area contributed by atoms with Gasteiger partial charge < -0.3 is 4.74 Å². The minimum atomic E-state index is -0.628. The van der Waals surface area contributed by atoms with E-state index in [0.29, 0.717) is 22.9 Å². The third kappa shape index (κ3) is 3.65. The number of aromatic nitrogens is 3. The van der Waals surface area contributed by atoms with Crippen molar-refractivity contribution < 1.29 is 9.26 Å². The third-order valence-electron chi connectivity index (χ3n) is 4.53. The number of aromatic amines is 1. The average molecular weight is 456 g/mol. The highest BCUT2D eigenvalue weighted by Gasteiger charge is 2.14. The zero-order chi connectivity index (χ0) is 20.7. The second-order valence-electron chi connectivity index (χ2n) is 6.55. The largest absolute Gasteiger partial charge is 0.488 e. The van der Waals surface area contributed by atoms with E-state index in [0.717, 1.165) is 20.5 Å². The Balaban J connectivity index is 1.34. The standard InChI is InChI=1S/C21H14ClN3O3S2/c1-11-18(30-20(23-11)17-8-12-4-2-3-5-16(12)29-17)10-27-13-6-7-14(15(22)9-13)19-24-21(26)28-25-19/h2-9H,10H2,1H3,(H,24,25,26). The van der Waals surface area contributed by atoms with Crippen molar-refractivity contribution in [2.75, 3.05) is 0 Å². The van der Waals surface area contributed by atoms with Crippen molar-refractivity contribution in [3.8, 4) is 27.0 Å². The summed E-state index contributed by atoms with van der Waals surface area (Å²) in [6, 6.07) is 15.7. The molecule has 5 rings (SSSR count). The molecule has 3 aromatic heterocycles. The first-order valence-corrected chi connectivity index (χ1v) is 11.0. The molecule has 5 aromatic rings. The second kappa shape index (κ2) is 7.71. The molecule has 0 aliphatic heterocycles. The summed E-state index contributed by atoms with van der Waals surface area (Å²) < 4.78 is 11.7. The number of nitrogens with one attached hydrogen (secondary N) is 1. The van der Waals surface area contributed by atoms with Crippen LogP contribution in [0.1, 0.15) is 10.6 Å². The van der Waals surface area contributed by atoms with Crippen LogP contribution in [0.4, 0.5) is 0 Å². The number of thiazole rings is 1. The Hall–Kier alpha value is -2.94. The van der Waals surface area contributed by atoms with Gasteiger partial charge in [0.15, 0.2) is 5.82 Å². The van der Waals surface area contributed by atoms with Crippen molar-refractivity contribution in [2.45, 2.75) is 13.5 Å². The number of thiophene rings is 1. The van der Waals surface area contributed by atoms with E-state index in [1.54, 1.807) is 40.9 Å². The number of rotatable bonds is 5. The zero-order valence-corrected chi connectivity index (χ0v) is 18.0. The van der Waals surface area contributed by atoms with Gasteiger partial charge >= 0.3 is 5.76 Å². The molecular weight excluding hydrogens is 442 g/mol. The molecule has 0 bridgehead atoms. The Morgan fingerprint density at radius 2 is 2.03 bits per heavy atom. The highest BCUT2D eigenvalue weighted by molar-refractivity contribution is 7.25. The SMILES string of the molecule is Cc1nc(-c2cc3ccccc3s2)sc1COc1ccc(-c2noc(=O)[nH]2)c(Cl)c1. The maximum absolute atomic E-state index is 11.1. The fraction of sp³-hybridized carbons (Fsp3) is 0.0952. The normalized spacial score (nSPS) is 11.3. The molecule has 0 radical (unpaired) electrons. The number of hydrogen-bond donors (Lipinski definition) is 1. The summed E-state index contributed by atoms with van der Waals surface area (Å²) in [5.74, 6) is 0.269. The summed E-state index contributed by atoms with van der Waals surface area (Å²) in [5, 5.41) is 6.29. The fourth-order valence-corrected chi connectivity index (χ4v) is 5.37. The topological polar surface area (TPSA) is 81.0 Å². The van der Waals surface area contributed by atoms with Crippen molar-refractivity contribution in [1.82, 2.24) is 15.1 Å². The molecule has 9 heteroatoms. The van der Waals surface area contributed by atoms with Crippen LogP contribution in [0.2, 0.25) is 5.02 Å². The van der Waals surface area contributed by atoms with E-state index in [-0.39, 0.29) is 5.82 Å². The number of fused-ring (bicyclic) bond motifs is 1. The third-order valence-corrected chi connectivity index (χ3v) is 7.26. The van der Waals surface area contributed by atoms with Crippen LogP contribution >= 0.6 is 34.3 Å². The number of aryl methyl sites for hydroxylation is 1. The Kier molecular flexibility index (Phi) is 4.90. The Morgan fingerprint density at radius 1 is 1.17 bits per heavy atom. The van der Waals surface area contributed by atoms with Crippen LogP contribution in [-0.4, -0.2) is 15.1 Å². The van der Waals surface area contributed by atoms with E-state index < -0.39 is 5.76 Å². The van der Waals surface area contributed by atoms with Crippen LogP contribution in [0, 0.1) is 6.92 Å². The first-order chi connectivity index (χ1) is 14.6. The predicted molar refractivity (Wildman–Crippen MR) is 120 cm³/mol. The summed E-state index contributed by atoms with van der Waals surface area (Å²) in [5.41, 5.74) is 1.52. The molecule has 0 spiro atoms. The molecule has 6 nitrogen and oxygen atoms in total. The van der Waals surface area contributed by atoms with Crippen molar-refractivity contribution in [3.63, 3.8) is 0 Å². The maximum Gasteiger partial charge on any atom is 0.439 e. The number of ether oxygens (including phenoxy) is 1. The van der Waals surface area contributed by atoms with E-state index in [1.165, 1.54) is 10.1 Å². The minimum Gasteiger partial charge on any atom is -0.488 e. The van der Waals surface area contributed by atoms with Crippen LogP contribution in [-0.2, 0) is 6.61 Å². The van der Waals surface area contributed by atoms with E-state index in [4.69, 9.17) is 21.3 Å². The summed E-state index contributed by atoms with van der Waals surface area (Å²) in [6.45, 7) is 2.38. The molecule has 0 unspecified atom stereocenters.